The van der Waals surface area contributed by atoms with Crippen molar-refractivity contribution < 1.29 is 19.4 Å². The average molecular weight is 305 g/mol. The van der Waals surface area contributed by atoms with Crippen LogP contribution >= 0.6 is 0 Å². The Hall–Kier alpha value is -2.04. The van der Waals surface area contributed by atoms with Crippen LogP contribution in [-0.4, -0.2) is 23.2 Å². The number of hydrogen-bond donors (Lipinski definition) is 2. The van der Waals surface area contributed by atoms with Gasteiger partial charge >= 0.3 is 12.1 Å². The Labute approximate surface area is 130 Å². The smallest absolute Gasteiger partial charge is 0.407 e. The van der Waals surface area contributed by atoms with E-state index in [1.807, 2.05) is 30.3 Å². The summed E-state index contributed by atoms with van der Waals surface area (Å²) in [6, 6.07) is 9.01. The molecule has 2 rings (SSSR count). The first-order chi connectivity index (χ1) is 10.4. The van der Waals surface area contributed by atoms with E-state index >= 15 is 0 Å². The van der Waals surface area contributed by atoms with Gasteiger partial charge in [-0.05, 0) is 29.7 Å². The second kappa shape index (κ2) is 6.81. The third-order valence-corrected chi connectivity index (χ3v) is 4.55. The molecule has 1 aromatic rings. The fourth-order valence-electron chi connectivity index (χ4n) is 2.95. The van der Waals surface area contributed by atoms with Gasteiger partial charge in [-0.25, -0.2) is 4.79 Å². The van der Waals surface area contributed by atoms with Crippen LogP contribution in [0.15, 0.2) is 30.3 Å². The molecule has 1 amide bonds. The Morgan fingerprint density at radius 3 is 2.41 bits per heavy atom. The van der Waals surface area contributed by atoms with Crippen molar-refractivity contribution in [2.45, 2.75) is 45.8 Å². The Morgan fingerprint density at radius 1 is 1.27 bits per heavy atom. The lowest BCUT2D eigenvalue weighted by Crippen LogP contribution is -2.45. The van der Waals surface area contributed by atoms with Gasteiger partial charge in [-0.2, -0.15) is 0 Å². The van der Waals surface area contributed by atoms with Crippen LogP contribution in [0.1, 0.15) is 38.7 Å². The molecule has 1 aromatic carbocycles. The number of benzene rings is 1. The van der Waals surface area contributed by atoms with Gasteiger partial charge in [-0.15, -0.1) is 0 Å². The summed E-state index contributed by atoms with van der Waals surface area (Å²) in [4.78, 5) is 23.1. The molecule has 1 fully saturated rings. The molecule has 1 unspecified atom stereocenters. The van der Waals surface area contributed by atoms with Crippen LogP contribution in [-0.2, 0) is 16.1 Å². The van der Waals surface area contributed by atoms with Crippen molar-refractivity contribution in [2.75, 3.05) is 0 Å². The largest absolute Gasteiger partial charge is 0.481 e. The van der Waals surface area contributed by atoms with Crippen molar-refractivity contribution in [3.8, 4) is 0 Å². The Morgan fingerprint density at radius 2 is 1.91 bits per heavy atom. The molecule has 120 valence electrons. The molecule has 22 heavy (non-hydrogen) atoms. The highest BCUT2D eigenvalue weighted by atomic mass is 16.5. The van der Waals surface area contributed by atoms with Gasteiger partial charge in [0, 0.05) is 6.04 Å². The molecule has 1 atom stereocenters. The quantitative estimate of drug-likeness (QED) is 0.811. The van der Waals surface area contributed by atoms with Crippen molar-refractivity contribution in [3.63, 3.8) is 0 Å². The topological polar surface area (TPSA) is 75.6 Å². The molecule has 0 saturated heterocycles. The van der Waals surface area contributed by atoms with Crippen LogP contribution in [0.4, 0.5) is 4.79 Å². The highest BCUT2D eigenvalue weighted by Crippen LogP contribution is 2.55. The summed E-state index contributed by atoms with van der Waals surface area (Å²) in [5, 5.41) is 11.8. The highest BCUT2D eigenvalue weighted by molar-refractivity contribution is 5.71. The number of carboxylic acids is 1. The predicted octanol–water partition coefficient (Wildman–Crippen LogP) is 3.19. The number of ether oxygens (including phenoxy) is 1. The van der Waals surface area contributed by atoms with E-state index in [-0.39, 0.29) is 24.5 Å². The van der Waals surface area contributed by atoms with Gasteiger partial charge in [0.1, 0.15) is 6.61 Å². The molecule has 0 radical (unpaired) electrons. The molecule has 0 heterocycles. The maximum absolute atomic E-state index is 12.0. The minimum atomic E-state index is -0.903. The fourth-order valence-corrected chi connectivity index (χ4v) is 2.95. The van der Waals surface area contributed by atoms with Crippen molar-refractivity contribution in [1.29, 1.82) is 0 Å². The zero-order valence-electron chi connectivity index (χ0n) is 13.0. The third-order valence-electron chi connectivity index (χ3n) is 4.55. The number of alkyl carbamates (subject to hydrolysis) is 1. The lowest BCUT2D eigenvalue weighted by atomic mass is 9.83. The molecule has 1 saturated carbocycles. The first-order valence-corrected chi connectivity index (χ1v) is 7.63. The summed E-state index contributed by atoms with van der Waals surface area (Å²) in [6.07, 6.45) is 1.27. The van der Waals surface area contributed by atoms with E-state index < -0.39 is 12.1 Å². The predicted molar refractivity (Wildman–Crippen MR) is 82.3 cm³/mol. The van der Waals surface area contributed by atoms with Crippen molar-refractivity contribution >= 4 is 12.1 Å². The van der Waals surface area contributed by atoms with Crippen LogP contribution in [0, 0.1) is 11.3 Å². The molecule has 0 aliphatic heterocycles. The monoisotopic (exact) mass is 305 g/mol. The Bertz CT molecular complexity index is 523. The first-order valence-electron chi connectivity index (χ1n) is 7.63. The maximum atomic E-state index is 12.0. The van der Waals surface area contributed by atoms with E-state index in [1.54, 1.807) is 0 Å². The fraction of sp³-hybridized carbons (Fsp3) is 0.529. The van der Waals surface area contributed by atoms with Crippen LogP contribution in [0.5, 0.6) is 0 Å². The molecular formula is C17H23NO4. The Balaban J connectivity index is 1.92. The first kappa shape index (κ1) is 16.3. The van der Waals surface area contributed by atoms with Gasteiger partial charge in [-0.1, -0.05) is 44.2 Å². The molecular weight excluding hydrogens is 282 g/mol. The van der Waals surface area contributed by atoms with E-state index in [9.17, 15) is 9.59 Å². The number of amides is 1. The standard InChI is InChI=1S/C17H23NO4/c1-12(2)17(8-9-17)14(10-15(19)20)18-16(21)22-11-13-6-4-3-5-7-13/h3-7,12,14H,8-11H2,1-2H3,(H,18,21)(H,19,20). The van der Waals surface area contributed by atoms with Gasteiger partial charge in [0.25, 0.3) is 0 Å². The van der Waals surface area contributed by atoms with Crippen LogP contribution < -0.4 is 5.32 Å². The third kappa shape index (κ3) is 4.00. The zero-order valence-corrected chi connectivity index (χ0v) is 13.0. The van der Waals surface area contributed by atoms with Gasteiger partial charge in [0.15, 0.2) is 0 Å². The Kier molecular flexibility index (Phi) is 5.06. The van der Waals surface area contributed by atoms with Crippen molar-refractivity contribution in [2.24, 2.45) is 11.3 Å². The molecule has 1 aliphatic carbocycles. The minimum Gasteiger partial charge on any atom is -0.481 e. The maximum Gasteiger partial charge on any atom is 0.407 e. The molecule has 0 bridgehead atoms. The van der Waals surface area contributed by atoms with E-state index in [4.69, 9.17) is 9.84 Å². The van der Waals surface area contributed by atoms with E-state index in [0.29, 0.717) is 5.92 Å². The molecule has 1 aliphatic rings. The summed E-state index contributed by atoms with van der Waals surface area (Å²) in [7, 11) is 0. The van der Waals surface area contributed by atoms with Gasteiger partial charge in [0.2, 0.25) is 0 Å². The molecule has 0 spiro atoms. The highest BCUT2D eigenvalue weighted by Gasteiger charge is 2.52. The van der Waals surface area contributed by atoms with Crippen molar-refractivity contribution in [3.05, 3.63) is 35.9 Å². The number of hydrogen-bond acceptors (Lipinski definition) is 3. The summed E-state index contributed by atoms with van der Waals surface area (Å²) in [6.45, 7) is 4.32. The summed E-state index contributed by atoms with van der Waals surface area (Å²) < 4.78 is 5.20. The van der Waals surface area contributed by atoms with E-state index in [1.165, 1.54) is 0 Å². The normalized spacial score (nSPS) is 16.9. The second-order valence-corrected chi connectivity index (χ2v) is 6.24. The van der Waals surface area contributed by atoms with Gasteiger partial charge in [-0.3, -0.25) is 4.79 Å². The van der Waals surface area contributed by atoms with Crippen molar-refractivity contribution in [1.82, 2.24) is 5.32 Å². The summed E-state index contributed by atoms with van der Waals surface area (Å²) in [5.74, 6) is -0.577. The number of carbonyl (C=O) groups is 2. The van der Waals surface area contributed by atoms with Crippen LogP contribution in [0.3, 0.4) is 0 Å². The van der Waals surface area contributed by atoms with E-state index in [0.717, 1.165) is 18.4 Å². The summed E-state index contributed by atoms with van der Waals surface area (Å²) >= 11 is 0. The number of carbonyl (C=O) groups excluding carboxylic acids is 1. The van der Waals surface area contributed by atoms with Crippen LogP contribution in [0.25, 0.3) is 0 Å². The number of rotatable bonds is 7. The van der Waals surface area contributed by atoms with Gasteiger partial charge in [0.05, 0.1) is 6.42 Å². The molecule has 5 heteroatoms. The molecule has 2 N–H and O–H groups in total. The summed E-state index contributed by atoms with van der Waals surface area (Å²) in [5.41, 5.74) is 0.793. The minimum absolute atomic E-state index is 0.0708. The van der Waals surface area contributed by atoms with Gasteiger partial charge < -0.3 is 15.2 Å². The van der Waals surface area contributed by atoms with E-state index in [2.05, 4.69) is 19.2 Å². The second-order valence-electron chi connectivity index (χ2n) is 6.24. The zero-order chi connectivity index (χ0) is 16.2. The lowest BCUT2D eigenvalue weighted by Gasteiger charge is -2.29. The number of aliphatic carboxylic acids is 1. The number of nitrogens with one attached hydrogen (secondary N) is 1. The average Bonchev–Trinajstić information content (AvgIpc) is 3.27. The van der Waals surface area contributed by atoms with Crippen LogP contribution in [0.2, 0.25) is 0 Å². The molecule has 0 aromatic heterocycles. The SMILES string of the molecule is CC(C)C1(C(CC(=O)O)NC(=O)OCc2ccccc2)CC1. The lowest BCUT2D eigenvalue weighted by molar-refractivity contribution is -0.138. The number of carboxylic acid groups (broad SMARTS) is 1. The molecule has 5 nitrogen and oxygen atoms in total.